The Morgan fingerprint density at radius 2 is 0.645 bits per heavy atom. The molecule has 0 atom stereocenters. The number of rotatable bonds is 6. The van der Waals surface area contributed by atoms with Crippen molar-refractivity contribution in [1.29, 1.82) is 0 Å². The van der Waals surface area contributed by atoms with Gasteiger partial charge in [-0.3, -0.25) is 0 Å². The summed E-state index contributed by atoms with van der Waals surface area (Å²) in [6.45, 7) is 2.46. The van der Waals surface area contributed by atoms with Gasteiger partial charge in [0.15, 0.2) is 0 Å². The van der Waals surface area contributed by atoms with Gasteiger partial charge in [-0.05, 0) is 37.1 Å². The summed E-state index contributed by atoms with van der Waals surface area (Å²) >= 11 is 4.64. The predicted octanol–water partition coefficient (Wildman–Crippen LogP) is 6.45. The van der Waals surface area contributed by atoms with Gasteiger partial charge in [0.1, 0.15) is 0 Å². The smallest absolute Gasteiger partial charge is 0.0126 e. The quantitative estimate of drug-likeness (QED) is 0.146. The average molecular weight is 555 g/mol. The maximum absolute atomic E-state index is 4.64. The van der Waals surface area contributed by atoms with E-state index in [1.54, 1.807) is 0 Å². The van der Waals surface area contributed by atoms with Gasteiger partial charge in [-0.1, -0.05) is 128 Å². The van der Waals surface area contributed by atoms with Crippen molar-refractivity contribution in [1.82, 2.24) is 0 Å². The molecule has 0 spiro atoms. The van der Waals surface area contributed by atoms with Crippen LogP contribution in [-0.2, 0) is 20.4 Å². The fourth-order valence-corrected chi connectivity index (χ4v) is 10.5. The first-order chi connectivity index (χ1) is 14.8. The molecule has 0 aliphatic rings. The van der Waals surface area contributed by atoms with Crippen molar-refractivity contribution in [3.63, 3.8) is 0 Å². The molecular formula is C27H27ClP2Pd. The van der Waals surface area contributed by atoms with Crippen LogP contribution in [0.2, 0.25) is 0 Å². The number of hydrogen-bond acceptors (Lipinski definition) is 0. The van der Waals surface area contributed by atoms with Crippen molar-refractivity contribution in [3.8, 4) is 0 Å². The van der Waals surface area contributed by atoms with Crippen molar-refractivity contribution in [2.24, 2.45) is 0 Å². The van der Waals surface area contributed by atoms with Crippen LogP contribution in [0.1, 0.15) is 6.92 Å². The summed E-state index contributed by atoms with van der Waals surface area (Å²) in [6.07, 6.45) is 1.47. The first-order valence-electron chi connectivity index (χ1n) is 10.0. The molecule has 31 heavy (non-hydrogen) atoms. The van der Waals surface area contributed by atoms with Crippen LogP contribution in [0.5, 0.6) is 0 Å². The van der Waals surface area contributed by atoms with E-state index in [-0.39, 0.29) is 20.4 Å². The summed E-state index contributed by atoms with van der Waals surface area (Å²) in [7, 11) is -0.940. The molecule has 0 saturated heterocycles. The van der Waals surface area contributed by atoms with Gasteiger partial charge in [-0.15, -0.1) is 11.6 Å². The normalized spacial score (nSPS) is 10.4. The molecule has 0 N–H and O–H groups in total. The molecule has 4 aromatic rings. The van der Waals surface area contributed by atoms with E-state index in [0.717, 1.165) is 0 Å². The molecule has 4 heteroatoms. The Kier molecular flexibility index (Phi) is 11.7. The van der Waals surface area contributed by atoms with Crippen LogP contribution < -0.4 is 21.2 Å². The van der Waals surface area contributed by atoms with Gasteiger partial charge in [-0.2, -0.15) is 0 Å². The van der Waals surface area contributed by atoms with Crippen LogP contribution in [0, 0.1) is 0 Å². The fraction of sp³-hybridized carbons (Fsp3) is 0.111. The first-order valence-corrected chi connectivity index (χ1v) is 13.6. The number of halogens is 1. The second kappa shape index (κ2) is 14.0. The van der Waals surface area contributed by atoms with Crippen LogP contribution in [0.4, 0.5) is 0 Å². The van der Waals surface area contributed by atoms with E-state index in [0.29, 0.717) is 5.40 Å². The van der Waals surface area contributed by atoms with Crippen LogP contribution in [-0.4, -0.2) is 11.8 Å². The van der Waals surface area contributed by atoms with E-state index in [1.165, 1.54) is 27.6 Å². The Morgan fingerprint density at radius 1 is 0.452 bits per heavy atom. The van der Waals surface area contributed by atoms with Crippen molar-refractivity contribution in [2.45, 2.75) is 12.3 Å². The molecule has 0 amide bonds. The monoisotopic (exact) mass is 554 g/mol. The third kappa shape index (κ3) is 6.83. The van der Waals surface area contributed by atoms with Gasteiger partial charge in [-0.25, -0.2) is 0 Å². The molecule has 0 bridgehead atoms. The van der Waals surface area contributed by atoms with E-state index < -0.39 is 15.8 Å². The molecule has 0 radical (unpaired) electrons. The minimum absolute atomic E-state index is 0. The van der Waals surface area contributed by atoms with Gasteiger partial charge < -0.3 is 0 Å². The van der Waals surface area contributed by atoms with Gasteiger partial charge in [0.25, 0.3) is 0 Å². The second-order valence-corrected chi connectivity index (χ2v) is 12.2. The largest absolute Gasteiger partial charge is 0.130 e. The summed E-state index contributed by atoms with van der Waals surface area (Å²) in [6, 6.07) is 44.3. The summed E-state index contributed by atoms with van der Waals surface area (Å²) in [5.74, 6) is 0. The molecular weight excluding hydrogens is 528 g/mol. The average Bonchev–Trinajstić information content (AvgIpc) is 2.84. The molecule has 0 fully saturated rings. The van der Waals surface area contributed by atoms with E-state index in [2.05, 4.69) is 140 Å². The minimum Gasteiger partial charge on any atom is -0.130 e. The Balaban J connectivity index is 0.00000111. The van der Waals surface area contributed by atoms with Crippen LogP contribution in [0.3, 0.4) is 0 Å². The Hall–Kier alpha value is -1.31. The van der Waals surface area contributed by atoms with Gasteiger partial charge in [0.05, 0.1) is 0 Å². The summed E-state index contributed by atoms with van der Waals surface area (Å²) < 4.78 is 0. The zero-order chi connectivity index (χ0) is 21.2. The SMILES string of the molecule is CC(P(c1ccccc1)c1ccccc1)P(c1ccccc1)c1ccccc1.CCl.[Pd]. The first kappa shape index (κ1) is 25.9. The topological polar surface area (TPSA) is 0 Å². The standard InChI is InChI=1S/C26H24P2.CH3Cl.Pd/c1-22(27(23-14-6-2-7-15-23)24-16-8-3-9-17-24)28(25-18-10-4-11-19-25)26-20-12-5-13-21-26;1-2;/h2-22H,1H3;1H3;. The van der Waals surface area contributed by atoms with Crippen LogP contribution >= 0.6 is 27.4 Å². The molecule has 0 saturated carbocycles. The van der Waals surface area contributed by atoms with Crippen molar-refractivity contribution < 1.29 is 20.4 Å². The third-order valence-corrected chi connectivity index (χ3v) is 11.2. The van der Waals surface area contributed by atoms with Crippen molar-refractivity contribution in [2.75, 3.05) is 6.38 Å². The van der Waals surface area contributed by atoms with Crippen LogP contribution in [0.25, 0.3) is 0 Å². The van der Waals surface area contributed by atoms with Crippen molar-refractivity contribution >= 4 is 48.7 Å². The molecule has 0 unspecified atom stereocenters. The van der Waals surface area contributed by atoms with Crippen LogP contribution in [0.15, 0.2) is 121 Å². The Morgan fingerprint density at radius 3 is 0.839 bits per heavy atom. The molecule has 0 nitrogen and oxygen atoms in total. The van der Waals surface area contributed by atoms with E-state index >= 15 is 0 Å². The molecule has 0 aliphatic heterocycles. The summed E-state index contributed by atoms with van der Waals surface area (Å²) in [5.41, 5.74) is 0. The fourth-order valence-electron chi connectivity index (χ4n) is 3.63. The minimum atomic E-state index is -0.470. The molecule has 0 aliphatic carbocycles. The molecule has 0 aromatic heterocycles. The Bertz CT molecular complexity index is 821. The molecule has 4 rings (SSSR count). The molecule has 162 valence electrons. The molecule has 0 heterocycles. The van der Waals surface area contributed by atoms with Gasteiger partial charge in [0, 0.05) is 32.2 Å². The van der Waals surface area contributed by atoms with E-state index in [4.69, 9.17) is 0 Å². The third-order valence-electron chi connectivity index (χ3n) is 4.88. The van der Waals surface area contributed by atoms with E-state index in [9.17, 15) is 0 Å². The zero-order valence-electron chi connectivity index (χ0n) is 17.7. The number of alkyl halides is 1. The maximum atomic E-state index is 4.64. The van der Waals surface area contributed by atoms with Gasteiger partial charge >= 0.3 is 0 Å². The summed E-state index contributed by atoms with van der Waals surface area (Å²) in [4.78, 5) is 0. The number of benzene rings is 4. The number of hydrogen-bond donors (Lipinski definition) is 0. The van der Waals surface area contributed by atoms with Crippen molar-refractivity contribution in [3.05, 3.63) is 121 Å². The van der Waals surface area contributed by atoms with E-state index in [1.807, 2.05) is 0 Å². The molecule has 4 aromatic carbocycles. The maximum Gasteiger partial charge on any atom is 0.0126 e. The zero-order valence-corrected chi connectivity index (χ0v) is 21.8. The second-order valence-electron chi connectivity index (χ2n) is 6.71. The van der Waals surface area contributed by atoms with Gasteiger partial charge in [0.2, 0.25) is 0 Å². The Labute approximate surface area is 208 Å². The summed E-state index contributed by atoms with van der Waals surface area (Å²) in [5, 5.41) is 6.34. The predicted molar refractivity (Wildman–Crippen MR) is 139 cm³/mol.